The lowest BCUT2D eigenvalue weighted by Gasteiger charge is -2.33. The highest BCUT2D eigenvalue weighted by Crippen LogP contribution is 2.22. The third kappa shape index (κ3) is 5.25. The molecule has 3 N–H and O–H groups in total. The van der Waals surface area contributed by atoms with Gasteiger partial charge in [-0.25, -0.2) is 0 Å². The van der Waals surface area contributed by atoms with Crippen molar-refractivity contribution in [1.82, 2.24) is 4.90 Å². The van der Waals surface area contributed by atoms with Crippen molar-refractivity contribution < 1.29 is 5.11 Å². The van der Waals surface area contributed by atoms with Gasteiger partial charge in [0.25, 0.3) is 0 Å². The predicted molar refractivity (Wildman–Crippen MR) is 77.6 cm³/mol. The Morgan fingerprint density at radius 2 is 1.94 bits per heavy atom. The van der Waals surface area contributed by atoms with E-state index in [0.717, 1.165) is 31.7 Å². The van der Waals surface area contributed by atoms with Gasteiger partial charge in [0.2, 0.25) is 0 Å². The molecule has 18 heavy (non-hydrogen) atoms. The van der Waals surface area contributed by atoms with Crippen molar-refractivity contribution in [1.29, 1.82) is 0 Å². The van der Waals surface area contributed by atoms with E-state index in [2.05, 4.69) is 18.7 Å². The molecule has 1 heterocycles. The minimum absolute atomic E-state index is 0.113. The molecule has 108 valence electrons. The topological polar surface area (TPSA) is 49.5 Å². The van der Waals surface area contributed by atoms with Crippen molar-refractivity contribution in [2.24, 2.45) is 11.7 Å². The highest BCUT2D eigenvalue weighted by Gasteiger charge is 2.22. The molecule has 0 spiro atoms. The molecule has 0 radical (unpaired) electrons. The van der Waals surface area contributed by atoms with Crippen LogP contribution in [0.1, 0.15) is 58.8 Å². The molecule has 1 saturated heterocycles. The zero-order valence-corrected chi connectivity index (χ0v) is 12.3. The van der Waals surface area contributed by atoms with Gasteiger partial charge in [-0.1, -0.05) is 26.7 Å². The van der Waals surface area contributed by atoms with Crippen molar-refractivity contribution >= 4 is 0 Å². The summed E-state index contributed by atoms with van der Waals surface area (Å²) >= 11 is 0. The zero-order valence-electron chi connectivity index (χ0n) is 12.3. The quantitative estimate of drug-likeness (QED) is 0.701. The molecule has 0 aliphatic carbocycles. The third-order valence-corrected chi connectivity index (χ3v) is 4.57. The molecule has 3 heteroatoms. The van der Waals surface area contributed by atoms with Crippen LogP contribution in [0.4, 0.5) is 0 Å². The summed E-state index contributed by atoms with van der Waals surface area (Å²) in [6.45, 7) is 8.13. The van der Waals surface area contributed by atoms with Gasteiger partial charge in [0.15, 0.2) is 0 Å². The number of nitrogens with zero attached hydrogens (tertiary/aromatic N) is 1. The number of rotatable bonds is 8. The Morgan fingerprint density at radius 1 is 1.28 bits per heavy atom. The van der Waals surface area contributed by atoms with Crippen LogP contribution in [0.25, 0.3) is 0 Å². The number of hydrogen-bond donors (Lipinski definition) is 2. The molecule has 1 aliphatic heterocycles. The van der Waals surface area contributed by atoms with E-state index in [1.165, 1.54) is 38.8 Å². The van der Waals surface area contributed by atoms with Crippen molar-refractivity contribution in [3.63, 3.8) is 0 Å². The summed E-state index contributed by atoms with van der Waals surface area (Å²) in [7, 11) is 0. The van der Waals surface area contributed by atoms with E-state index in [1.54, 1.807) is 0 Å². The van der Waals surface area contributed by atoms with Gasteiger partial charge in [-0.2, -0.15) is 0 Å². The number of likely N-dealkylation sites (tertiary alicyclic amines) is 1. The Kier molecular flexibility index (Phi) is 7.20. The fourth-order valence-electron chi connectivity index (χ4n) is 2.93. The van der Waals surface area contributed by atoms with Crippen LogP contribution < -0.4 is 5.73 Å². The Labute approximate surface area is 113 Å². The first-order valence-electron chi connectivity index (χ1n) is 7.75. The van der Waals surface area contributed by atoms with Gasteiger partial charge in [-0.05, 0) is 57.7 Å². The van der Waals surface area contributed by atoms with Crippen LogP contribution in [-0.4, -0.2) is 41.8 Å². The third-order valence-electron chi connectivity index (χ3n) is 4.57. The fourth-order valence-corrected chi connectivity index (χ4v) is 2.93. The van der Waals surface area contributed by atoms with Crippen LogP contribution in [0.5, 0.6) is 0 Å². The highest BCUT2D eigenvalue weighted by atomic mass is 16.3. The van der Waals surface area contributed by atoms with Crippen LogP contribution >= 0.6 is 0 Å². The molecule has 1 aliphatic rings. The standard InChI is InChI=1S/C15H32N2O/c1-3-6-14-7-11-17(12-8-14)10-5-9-15(16,4-2)13-18/h14,18H,3-13,16H2,1-2H3. The number of piperidine rings is 1. The molecule has 0 aromatic rings. The van der Waals surface area contributed by atoms with Crippen LogP contribution in [0.3, 0.4) is 0 Å². The SMILES string of the molecule is CCCC1CCN(CCCC(N)(CC)CO)CC1. The summed E-state index contributed by atoms with van der Waals surface area (Å²) in [6, 6.07) is 0. The average molecular weight is 256 g/mol. The lowest BCUT2D eigenvalue weighted by atomic mass is 9.91. The Bertz CT molecular complexity index is 209. The first-order chi connectivity index (χ1) is 8.63. The van der Waals surface area contributed by atoms with Gasteiger partial charge in [-0.15, -0.1) is 0 Å². The molecule has 1 fully saturated rings. The summed E-state index contributed by atoms with van der Waals surface area (Å²) in [5, 5.41) is 9.28. The van der Waals surface area contributed by atoms with Crippen LogP contribution in [0.15, 0.2) is 0 Å². The molecular formula is C15H32N2O. The van der Waals surface area contributed by atoms with Crippen molar-refractivity contribution in [2.45, 2.75) is 64.3 Å². The second-order valence-corrected chi connectivity index (χ2v) is 6.05. The molecule has 1 rings (SSSR count). The van der Waals surface area contributed by atoms with E-state index in [0.29, 0.717) is 0 Å². The summed E-state index contributed by atoms with van der Waals surface area (Å²) in [5.74, 6) is 0.966. The van der Waals surface area contributed by atoms with E-state index >= 15 is 0 Å². The second-order valence-electron chi connectivity index (χ2n) is 6.05. The van der Waals surface area contributed by atoms with Crippen molar-refractivity contribution in [2.75, 3.05) is 26.2 Å². The van der Waals surface area contributed by atoms with Crippen molar-refractivity contribution in [3.05, 3.63) is 0 Å². The first-order valence-corrected chi connectivity index (χ1v) is 7.75. The normalized spacial score (nSPS) is 22.0. The molecule has 0 aromatic carbocycles. The minimum Gasteiger partial charge on any atom is -0.394 e. The van der Waals surface area contributed by atoms with Crippen molar-refractivity contribution in [3.8, 4) is 0 Å². The van der Waals surface area contributed by atoms with Gasteiger partial charge in [0, 0.05) is 5.54 Å². The molecular weight excluding hydrogens is 224 g/mol. The van der Waals surface area contributed by atoms with E-state index in [4.69, 9.17) is 5.73 Å². The summed E-state index contributed by atoms with van der Waals surface area (Å²) in [4.78, 5) is 2.57. The van der Waals surface area contributed by atoms with Gasteiger partial charge < -0.3 is 15.7 Å². The second kappa shape index (κ2) is 8.13. The largest absolute Gasteiger partial charge is 0.394 e. The number of aliphatic hydroxyl groups excluding tert-OH is 1. The lowest BCUT2D eigenvalue weighted by Crippen LogP contribution is -2.44. The maximum absolute atomic E-state index is 9.28. The fraction of sp³-hybridized carbons (Fsp3) is 1.00. The molecule has 0 bridgehead atoms. The highest BCUT2D eigenvalue weighted by molar-refractivity contribution is 4.82. The monoisotopic (exact) mass is 256 g/mol. The zero-order chi connectivity index (χ0) is 13.4. The van der Waals surface area contributed by atoms with E-state index < -0.39 is 0 Å². The van der Waals surface area contributed by atoms with Gasteiger partial charge in [0.05, 0.1) is 6.61 Å². The summed E-state index contributed by atoms with van der Waals surface area (Å²) < 4.78 is 0. The number of aliphatic hydroxyl groups is 1. The maximum Gasteiger partial charge on any atom is 0.0611 e. The average Bonchev–Trinajstić information content (AvgIpc) is 2.41. The first kappa shape index (κ1) is 15.9. The Balaban J connectivity index is 2.14. The maximum atomic E-state index is 9.28. The summed E-state index contributed by atoms with van der Waals surface area (Å²) in [6.07, 6.45) is 8.39. The van der Waals surface area contributed by atoms with Crippen LogP contribution in [-0.2, 0) is 0 Å². The minimum atomic E-state index is -0.347. The molecule has 0 aromatic heterocycles. The predicted octanol–water partition coefficient (Wildman–Crippen LogP) is 2.38. The molecule has 0 amide bonds. The molecule has 1 unspecified atom stereocenters. The lowest BCUT2D eigenvalue weighted by molar-refractivity contribution is 0.152. The van der Waals surface area contributed by atoms with E-state index in [-0.39, 0.29) is 12.1 Å². The van der Waals surface area contributed by atoms with Crippen LogP contribution in [0.2, 0.25) is 0 Å². The number of hydrogen-bond acceptors (Lipinski definition) is 3. The Hall–Kier alpha value is -0.120. The Morgan fingerprint density at radius 3 is 2.44 bits per heavy atom. The molecule has 3 nitrogen and oxygen atoms in total. The van der Waals surface area contributed by atoms with Gasteiger partial charge >= 0.3 is 0 Å². The molecule has 1 atom stereocenters. The van der Waals surface area contributed by atoms with Gasteiger partial charge in [0.1, 0.15) is 0 Å². The van der Waals surface area contributed by atoms with Crippen LogP contribution in [0, 0.1) is 5.92 Å². The summed E-state index contributed by atoms with van der Waals surface area (Å²) in [5.41, 5.74) is 5.76. The van der Waals surface area contributed by atoms with E-state index in [1.807, 2.05) is 0 Å². The number of nitrogens with two attached hydrogens (primary N) is 1. The van der Waals surface area contributed by atoms with Gasteiger partial charge in [-0.3, -0.25) is 0 Å². The molecule has 0 saturated carbocycles. The van der Waals surface area contributed by atoms with E-state index in [9.17, 15) is 5.11 Å². The smallest absolute Gasteiger partial charge is 0.0611 e.